The van der Waals surface area contributed by atoms with Crippen molar-refractivity contribution in [3.63, 3.8) is 0 Å². The summed E-state index contributed by atoms with van der Waals surface area (Å²) in [6.45, 7) is 3.30. The van der Waals surface area contributed by atoms with Gasteiger partial charge in [-0.1, -0.05) is 11.3 Å². The summed E-state index contributed by atoms with van der Waals surface area (Å²) in [5.41, 5.74) is 2.30. The number of benzene rings is 1. The molecule has 1 aliphatic carbocycles. The molecule has 0 spiro atoms. The Hall–Kier alpha value is -2.70. The van der Waals surface area contributed by atoms with Crippen molar-refractivity contribution in [2.45, 2.75) is 44.6 Å². The van der Waals surface area contributed by atoms with Crippen LogP contribution < -0.4 is 5.32 Å². The zero-order valence-electron chi connectivity index (χ0n) is 14.9. The van der Waals surface area contributed by atoms with Gasteiger partial charge in [-0.25, -0.2) is 4.68 Å². The molecule has 1 unspecified atom stereocenters. The standard InChI is InChI=1S/C19H23N5O2/c1-13(19(26)23-9-2-3-10-23)20-18(25)15-5-4-6-16(11-15)24-12-17(21-22-24)14-7-8-14/h4-6,11-14H,2-3,7-10H2,1H3,(H,20,25). The first-order valence-corrected chi connectivity index (χ1v) is 9.24. The number of hydrogen-bond acceptors (Lipinski definition) is 4. The summed E-state index contributed by atoms with van der Waals surface area (Å²) in [6, 6.07) is 6.69. The molecular formula is C19H23N5O2. The fraction of sp³-hybridized carbons (Fsp3) is 0.474. The van der Waals surface area contributed by atoms with Crippen molar-refractivity contribution in [1.29, 1.82) is 0 Å². The molecule has 1 atom stereocenters. The summed E-state index contributed by atoms with van der Waals surface area (Å²) < 4.78 is 1.70. The first-order chi connectivity index (χ1) is 12.6. The Balaban J connectivity index is 1.44. The lowest BCUT2D eigenvalue weighted by Gasteiger charge is -2.21. The molecule has 1 saturated carbocycles. The summed E-state index contributed by atoms with van der Waals surface area (Å²) >= 11 is 0. The molecule has 1 saturated heterocycles. The summed E-state index contributed by atoms with van der Waals surface area (Å²) in [7, 11) is 0. The molecule has 1 aromatic heterocycles. The van der Waals surface area contributed by atoms with Crippen LogP contribution in [0, 0.1) is 0 Å². The number of carbonyl (C=O) groups is 2. The maximum atomic E-state index is 12.6. The second kappa shape index (κ2) is 6.90. The molecule has 4 rings (SSSR count). The molecule has 2 aliphatic rings. The highest BCUT2D eigenvalue weighted by Crippen LogP contribution is 2.38. The van der Waals surface area contributed by atoms with Crippen molar-refractivity contribution in [2.24, 2.45) is 0 Å². The Bertz CT molecular complexity index is 821. The van der Waals surface area contributed by atoms with Gasteiger partial charge in [0.05, 0.1) is 17.6 Å². The highest BCUT2D eigenvalue weighted by Gasteiger charge is 2.27. The van der Waals surface area contributed by atoms with Crippen LogP contribution >= 0.6 is 0 Å². The summed E-state index contributed by atoms with van der Waals surface area (Å²) in [5, 5.41) is 11.2. The minimum Gasteiger partial charge on any atom is -0.341 e. The maximum absolute atomic E-state index is 12.6. The molecule has 1 N–H and O–H groups in total. The van der Waals surface area contributed by atoms with Gasteiger partial charge in [0.1, 0.15) is 6.04 Å². The van der Waals surface area contributed by atoms with E-state index in [-0.39, 0.29) is 11.8 Å². The van der Waals surface area contributed by atoms with Gasteiger partial charge in [-0.2, -0.15) is 0 Å². The van der Waals surface area contributed by atoms with E-state index in [1.807, 2.05) is 23.2 Å². The van der Waals surface area contributed by atoms with Gasteiger partial charge in [-0.15, -0.1) is 5.10 Å². The van der Waals surface area contributed by atoms with Gasteiger partial charge in [-0.3, -0.25) is 9.59 Å². The summed E-state index contributed by atoms with van der Waals surface area (Å²) in [4.78, 5) is 26.7. The van der Waals surface area contributed by atoms with Gasteiger partial charge in [0.2, 0.25) is 5.91 Å². The third kappa shape index (κ3) is 3.47. The van der Waals surface area contributed by atoms with E-state index in [9.17, 15) is 9.59 Å². The largest absolute Gasteiger partial charge is 0.341 e. The van der Waals surface area contributed by atoms with Gasteiger partial charge in [-0.05, 0) is 50.8 Å². The Kier molecular flexibility index (Phi) is 4.44. The second-order valence-electron chi connectivity index (χ2n) is 7.14. The van der Waals surface area contributed by atoms with Gasteiger partial charge in [0.25, 0.3) is 5.91 Å². The SMILES string of the molecule is CC(NC(=O)c1cccc(-n2cc(C3CC3)nn2)c1)C(=O)N1CCCC1. The van der Waals surface area contributed by atoms with Crippen LogP contribution in [0.5, 0.6) is 0 Å². The molecule has 7 nitrogen and oxygen atoms in total. The molecule has 0 bridgehead atoms. The van der Waals surface area contributed by atoms with Crippen LogP contribution in [-0.4, -0.2) is 50.8 Å². The van der Waals surface area contributed by atoms with E-state index in [1.54, 1.807) is 23.7 Å². The van der Waals surface area contributed by atoms with Crippen LogP contribution in [0.4, 0.5) is 0 Å². The van der Waals surface area contributed by atoms with E-state index >= 15 is 0 Å². The van der Waals surface area contributed by atoms with Crippen molar-refractivity contribution < 1.29 is 9.59 Å². The van der Waals surface area contributed by atoms with Crippen molar-refractivity contribution in [2.75, 3.05) is 13.1 Å². The van der Waals surface area contributed by atoms with Crippen LogP contribution in [-0.2, 0) is 4.79 Å². The van der Waals surface area contributed by atoms with Crippen molar-refractivity contribution >= 4 is 11.8 Å². The number of hydrogen-bond donors (Lipinski definition) is 1. The zero-order chi connectivity index (χ0) is 18.1. The number of aromatic nitrogens is 3. The lowest BCUT2D eigenvalue weighted by Crippen LogP contribution is -2.45. The first-order valence-electron chi connectivity index (χ1n) is 9.24. The smallest absolute Gasteiger partial charge is 0.251 e. The Morgan fingerprint density at radius 2 is 2.00 bits per heavy atom. The number of amides is 2. The van der Waals surface area contributed by atoms with E-state index in [1.165, 1.54) is 12.8 Å². The molecule has 2 amide bonds. The fourth-order valence-electron chi connectivity index (χ4n) is 3.31. The third-order valence-electron chi connectivity index (χ3n) is 5.02. The van der Waals surface area contributed by atoms with Crippen LogP contribution in [0.2, 0.25) is 0 Å². The normalized spacial score (nSPS) is 18.0. The molecule has 1 aliphatic heterocycles. The Morgan fingerprint density at radius 3 is 2.73 bits per heavy atom. The average molecular weight is 353 g/mol. The average Bonchev–Trinajstić information content (AvgIpc) is 3.16. The van der Waals surface area contributed by atoms with Crippen molar-refractivity contribution in [3.05, 3.63) is 41.7 Å². The minimum absolute atomic E-state index is 0.0163. The first kappa shape index (κ1) is 16.8. The number of rotatable bonds is 5. The van der Waals surface area contributed by atoms with E-state index in [2.05, 4.69) is 15.6 Å². The van der Waals surface area contributed by atoms with Crippen LogP contribution in [0.25, 0.3) is 5.69 Å². The van der Waals surface area contributed by atoms with Crippen LogP contribution in [0.15, 0.2) is 30.5 Å². The molecule has 2 heterocycles. The minimum atomic E-state index is -0.530. The van der Waals surface area contributed by atoms with E-state index in [4.69, 9.17) is 0 Å². The van der Waals surface area contributed by atoms with Gasteiger partial charge in [0, 0.05) is 24.6 Å². The predicted octanol–water partition coefficient (Wildman–Crippen LogP) is 1.89. The highest BCUT2D eigenvalue weighted by atomic mass is 16.2. The van der Waals surface area contributed by atoms with E-state index in [0.29, 0.717) is 11.5 Å². The monoisotopic (exact) mass is 353 g/mol. The zero-order valence-corrected chi connectivity index (χ0v) is 14.9. The molecule has 26 heavy (non-hydrogen) atoms. The van der Waals surface area contributed by atoms with Crippen LogP contribution in [0.1, 0.15) is 54.6 Å². The van der Waals surface area contributed by atoms with E-state index in [0.717, 1.165) is 37.3 Å². The number of likely N-dealkylation sites (tertiary alicyclic amines) is 1. The third-order valence-corrected chi connectivity index (χ3v) is 5.02. The number of nitrogens with zero attached hydrogens (tertiary/aromatic N) is 4. The predicted molar refractivity (Wildman–Crippen MR) is 96.1 cm³/mol. The Labute approximate surface area is 152 Å². The van der Waals surface area contributed by atoms with Crippen molar-refractivity contribution in [3.8, 4) is 5.69 Å². The molecule has 2 fully saturated rings. The van der Waals surface area contributed by atoms with Gasteiger partial charge >= 0.3 is 0 Å². The van der Waals surface area contributed by atoms with Crippen molar-refractivity contribution in [1.82, 2.24) is 25.2 Å². The number of carbonyl (C=O) groups excluding carboxylic acids is 2. The molecular weight excluding hydrogens is 330 g/mol. The lowest BCUT2D eigenvalue weighted by molar-refractivity contribution is -0.131. The lowest BCUT2D eigenvalue weighted by atomic mass is 10.1. The van der Waals surface area contributed by atoms with E-state index < -0.39 is 6.04 Å². The topological polar surface area (TPSA) is 80.1 Å². The quantitative estimate of drug-likeness (QED) is 0.890. The highest BCUT2D eigenvalue weighted by molar-refractivity contribution is 5.97. The van der Waals surface area contributed by atoms with Gasteiger partial charge < -0.3 is 10.2 Å². The second-order valence-corrected chi connectivity index (χ2v) is 7.14. The molecule has 136 valence electrons. The molecule has 2 aromatic rings. The molecule has 0 radical (unpaired) electrons. The fourth-order valence-corrected chi connectivity index (χ4v) is 3.31. The molecule has 1 aromatic carbocycles. The summed E-state index contributed by atoms with van der Waals surface area (Å²) in [5.74, 6) is 0.263. The Morgan fingerprint density at radius 1 is 1.23 bits per heavy atom. The summed E-state index contributed by atoms with van der Waals surface area (Å²) in [6.07, 6.45) is 6.34. The number of nitrogens with one attached hydrogen (secondary N) is 1. The maximum Gasteiger partial charge on any atom is 0.251 e. The van der Waals surface area contributed by atoms with Crippen LogP contribution in [0.3, 0.4) is 0 Å². The molecule has 7 heteroatoms. The van der Waals surface area contributed by atoms with Gasteiger partial charge in [0.15, 0.2) is 0 Å².